The fourth-order valence-electron chi connectivity index (χ4n) is 1.74. The first kappa shape index (κ1) is 15.6. The first-order valence-corrected chi connectivity index (χ1v) is 7.03. The first-order valence-electron chi connectivity index (χ1n) is 6.24. The summed E-state index contributed by atoms with van der Waals surface area (Å²) >= 11 is 3.31. The molecule has 0 amide bonds. The predicted octanol–water partition coefficient (Wildman–Crippen LogP) is 5.04. The lowest BCUT2D eigenvalue weighted by atomic mass is 10.2. The van der Waals surface area contributed by atoms with E-state index in [4.69, 9.17) is 0 Å². The predicted molar refractivity (Wildman–Crippen MR) is 80.8 cm³/mol. The lowest BCUT2D eigenvalue weighted by Crippen LogP contribution is -2.09. The maximum absolute atomic E-state index is 12.9. The third-order valence-electron chi connectivity index (χ3n) is 2.61. The van der Waals surface area contributed by atoms with Gasteiger partial charge in [0.05, 0.1) is 5.56 Å². The van der Waals surface area contributed by atoms with Gasteiger partial charge in [0.1, 0.15) is 11.6 Å². The number of anilines is 3. The van der Waals surface area contributed by atoms with Crippen LogP contribution in [-0.4, -0.2) is 11.5 Å². The van der Waals surface area contributed by atoms with Gasteiger partial charge in [0.25, 0.3) is 0 Å². The Hall–Kier alpha value is -1.76. The molecule has 0 spiro atoms. The Morgan fingerprint density at radius 2 is 1.86 bits per heavy atom. The van der Waals surface area contributed by atoms with E-state index in [1.807, 2.05) is 6.07 Å². The van der Waals surface area contributed by atoms with Crippen LogP contribution in [0.25, 0.3) is 0 Å². The van der Waals surface area contributed by atoms with Gasteiger partial charge in [-0.3, -0.25) is 0 Å². The number of halogens is 4. The molecule has 0 bridgehead atoms. The molecule has 3 nitrogen and oxygen atoms in total. The van der Waals surface area contributed by atoms with E-state index in [9.17, 15) is 13.2 Å². The summed E-state index contributed by atoms with van der Waals surface area (Å²) in [7, 11) is 0. The van der Waals surface area contributed by atoms with E-state index in [0.717, 1.165) is 16.6 Å². The Bertz CT molecular complexity index is 629. The molecular weight excluding hydrogens is 347 g/mol. The lowest BCUT2D eigenvalue weighted by Gasteiger charge is -2.13. The van der Waals surface area contributed by atoms with Crippen LogP contribution >= 0.6 is 15.9 Å². The molecule has 0 aliphatic heterocycles. The fourth-order valence-corrected chi connectivity index (χ4v) is 2.14. The molecule has 2 N–H and O–H groups in total. The van der Waals surface area contributed by atoms with Gasteiger partial charge >= 0.3 is 6.18 Å². The molecule has 112 valence electrons. The molecule has 1 heterocycles. The molecule has 0 unspecified atom stereocenters. The summed E-state index contributed by atoms with van der Waals surface area (Å²) in [5.74, 6) is 0.323. The monoisotopic (exact) mass is 359 g/mol. The van der Waals surface area contributed by atoms with Crippen LogP contribution in [0.4, 0.5) is 30.5 Å². The molecule has 1 aromatic carbocycles. The van der Waals surface area contributed by atoms with Gasteiger partial charge in [-0.05, 0) is 37.3 Å². The van der Waals surface area contributed by atoms with Crippen LogP contribution in [0.1, 0.15) is 12.5 Å². The number of nitrogens with one attached hydrogen (secondary N) is 2. The first-order chi connectivity index (χ1) is 9.88. The molecule has 2 rings (SSSR count). The second-order valence-electron chi connectivity index (χ2n) is 4.29. The van der Waals surface area contributed by atoms with Crippen molar-refractivity contribution in [1.29, 1.82) is 0 Å². The third kappa shape index (κ3) is 4.35. The lowest BCUT2D eigenvalue weighted by molar-refractivity contribution is -0.137. The summed E-state index contributed by atoms with van der Waals surface area (Å²) in [6.07, 6.45) is -4.42. The average molecular weight is 360 g/mol. The van der Waals surface area contributed by atoms with Crippen LogP contribution in [0, 0.1) is 0 Å². The van der Waals surface area contributed by atoms with Gasteiger partial charge in [0.15, 0.2) is 0 Å². The number of nitrogens with zero attached hydrogens (tertiary/aromatic N) is 1. The van der Waals surface area contributed by atoms with E-state index in [0.29, 0.717) is 12.2 Å². The van der Waals surface area contributed by atoms with Gasteiger partial charge in [-0.2, -0.15) is 13.2 Å². The zero-order valence-electron chi connectivity index (χ0n) is 11.1. The minimum Gasteiger partial charge on any atom is -0.370 e. The Kier molecular flexibility index (Phi) is 4.72. The average Bonchev–Trinajstić information content (AvgIpc) is 2.37. The van der Waals surface area contributed by atoms with Crippen LogP contribution in [0.2, 0.25) is 0 Å². The van der Waals surface area contributed by atoms with Crippen molar-refractivity contribution >= 4 is 33.3 Å². The molecule has 21 heavy (non-hydrogen) atoms. The van der Waals surface area contributed by atoms with Crippen molar-refractivity contribution in [2.75, 3.05) is 17.2 Å². The van der Waals surface area contributed by atoms with Crippen LogP contribution in [0.3, 0.4) is 0 Å². The van der Waals surface area contributed by atoms with E-state index in [1.54, 1.807) is 25.1 Å². The Morgan fingerprint density at radius 1 is 1.14 bits per heavy atom. The number of alkyl halides is 3. The van der Waals surface area contributed by atoms with Crippen molar-refractivity contribution in [2.24, 2.45) is 0 Å². The highest BCUT2D eigenvalue weighted by Crippen LogP contribution is 2.32. The highest BCUT2D eigenvalue weighted by Gasteiger charge is 2.31. The molecule has 0 atom stereocenters. The molecule has 0 saturated heterocycles. The van der Waals surface area contributed by atoms with Crippen molar-refractivity contribution in [2.45, 2.75) is 13.1 Å². The maximum Gasteiger partial charge on any atom is 0.416 e. The summed E-state index contributed by atoms with van der Waals surface area (Å²) < 4.78 is 39.5. The van der Waals surface area contributed by atoms with E-state index >= 15 is 0 Å². The summed E-state index contributed by atoms with van der Waals surface area (Å²) in [6.45, 7) is 2.29. The Morgan fingerprint density at radius 3 is 2.48 bits per heavy atom. The van der Waals surface area contributed by atoms with Crippen LogP contribution in [0.15, 0.2) is 40.9 Å². The SMILES string of the molecule is CCNc1cc(C(F)(F)F)cc(Nc2cccc(Br)c2)n1. The van der Waals surface area contributed by atoms with E-state index < -0.39 is 11.7 Å². The number of rotatable bonds is 4. The van der Waals surface area contributed by atoms with Crippen molar-refractivity contribution in [1.82, 2.24) is 4.98 Å². The summed E-state index contributed by atoms with van der Waals surface area (Å²) in [5.41, 5.74) is -0.0930. The van der Waals surface area contributed by atoms with Crippen molar-refractivity contribution < 1.29 is 13.2 Å². The normalized spacial score (nSPS) is 11.3. The van der Waals surface area contributed by atoms with Crippen LogP contribution < -0.4 is 10.6 Å². The van der Waals surface area contributed by atoms with Crippen LogP contribution in [-0.2, 0) is 6.18 Å². The van der Waals surface area contributed by atoms with Gasteiger partial charge < -0.3 is 10.6 Å². The standard InChI is InChI=1S/C14H13BrF3N3/c1-2-19-12-6-9(14(16,17)18)7-13(21-12)20-11-5-3-4-10(15)8-11/h3-8H,2H2,1H3,(H2,19,20,21). The summed E-state index contributed by atoms with van der Waals surface area (Å²) in [6, 6.07) is 9.10. The molecule has 0 aliphatic carbocycles. The van der Waals surface area contributed by atoms with Crippen molar-refractivity contribution in [3.8, 4) is 0 Å². The van der Waals surface area contributed by atoms with Gasteiger partial charge in [-0.1, -0.05) is 22.0 Å². The minimum atomic E-state index is -4.42. The molecule has 0 aliphatic rings. The Balaban J connectivity index is 2.35. The van der Waals surface area contributed by atoms with Crippen molar-refractivity contribution in [3.05, 3.63) is 46.4 Å². The van der Waals surface area contributed by atoms with Gasteiger partial charge in [-0.15, -0.1) is 0 Å². The highest BCUT2D eigenvalue weighted by molar-refractivity contribution is 9.10. The van der Waals surface area contributed by atoms with E-state index in [1.165, 1.54) is 0 Å². The van der Waals surface area contributed by atoms with E-state index in [-0.39, 0.29) is 11.6 Å². The smallest absolute Gasteiger partial charge is 0.370 e. The van der Waals surface area contributed by atoms with E-state index in [2.05, 4.69) is 31.5 Å². The highest BCUT2D eigenvalue weighted by atomic mass is 79.9. The number of pyridine rings is 1. The number of hydrogen-bond acceptors (Lipinski definition) is 3. The molecule has 2 aromatic rings. The maximum atomic E-state index is 12.9. The zero-order valence-corrected chi connectivity index (χ0v) is 12.7. The minimum absolute atomic E-state index is 0.138. The quantitative estimate of drug-likeness (QED) is 0.802. The molecule has 7 heteroatoms. The zero-order chi connectivity index (χ0) is 15.5. The van der Waals surface area contributed by atoms with Crippen LogP contribution in [0.5, 0.6) is 0 Å². The molecular formula is C14H13BrF3N3. The Labute approximate surface area is 128 Å². The number of aromatic nitrogens is 1. The van der Waals surface area contributed by atoms with Crippen molar-refractivity contribution in [3.63, 3.8) is 0 Å². The topological polar surface area (TPSA) is 37.0 Å². The van der Waals surface area contributed by atoms with Gasteiger partial charge in [0.2, 0.25) is 0 Å². The summed E-state index contributed by atoms with van der Waals surface area (Å²) in [5, 5.41) is 5.67. The largest absolute Gasteiger partial charge is 0.416 e. The molecule has 0 radical (unpaired) electrons. The van der Waals surface area contributed by atoms with Gasteiger partial charge in [0, 0.05) is 16.7 Å². The third-order valence-corrected chi connectivity index (χ3v) is 3.10. The second-order valence-corrected chi connectivity index (χ2v) is 5.21. The van der Waals surface area contributed by atoms with Gasteiger partial charge in [-0.25, -0.2) is 4.98 Å². The molecule has 0 saturated carbocycles. The number of benzene rings is 1. The molecule has 1 aromatic heterocycles. The molecule has 0 fully saturated rings. The summed E-state index contributed by atoms with van der Waals surface area (Å²) in [4.78, 5) is 4.12. The second kappa shape index (κ2) is 6.34. The number of hydrogen-bond donors (Lipinski definition) is 2. The fraction of sp³-hybridized carbons (Fsp3) is 0.214.